The van der Waals surface area contributed by atoms with E-state index in [9.17, 15) is 43.2 Å². The summed E-state index contributed by atoms with van der Waals surface area (Å²) in [5, 5.41) is 6.08. The fourth-order valence-electron chi connectivity index (χ4n) is 10.6. The number of hydrogen-bond donors (Lipinski definition) is 13. The number of nitrogens with two attached hydrogens (primary N) is 11. The third-order valence-corrected chi connectivity index (χ3v) is 15.5. The summed E-state index contributed by atoms with van der Waals surface area (Å²) in [6.07, 6.45) is 7.77. The van der Waals surface area contributed by atoms with Gasteiger partial charge < -0.3 is 98.2 Å². The van der Waals surface area contributed by atoms with Crippen molar-refractivity contribution < 1.29 is 43.2 Å². The van der Waals surface area contributed by atoms with Crippen LogP contribution in [0, 0.1) is 11.8 Å². The fourth-order valence-corrected chi connectivity index (χ4v) is 10.6. The van der Waals surface area contributed by atoms with Crippen LogP contribution in [0.15, 0.2) is 50.3 Å². The van der Waals surface area contributed by atoms with Gasteiger partial charge in [0.05, 0.1) is 38.3 Å². The number of hydrogen-bond acceptors (Lipinski definition) is 17. The molecule has 1 heterocycles. The SMILES string of the molecule is CC(=O)[C@@H]1CCCN1C(=O)[C@@H](CCCN=C(N)N)CC(=O)[C@@H](CCCCN)NC(=O)[C@@H](CCCCN)CC(=O)CN(CCCN=C(N)N)C(=O)CN(Cc1ccccc1)C(=O)CN(CCCN=C(N)N)C(=O)CN(CCCN=C(N)N)C(=O)CNCCCCCCN. The summed E-state index contributed by atoms with van der Waals surface area (Å²) in [4.78, 5) is 151. The van der Waals surface area contributed by atoms with Crippen molar-refractivity contribution in [2.24, 2.45) is 94.9 Å². The number of ketones is 3. The van der Waals surface area contributed by atoms with Crippen molar-refractivity contribution in [3.63, 3.8) is 0 Å². The predicted octanol–water partition coefficient (Wildman–Crippen LogP) is -2.87. The molecule has 6 amide bonds. The number of amides is 6. The van der Waals surface area contributed by atoms with Gasteiger partial charge in [0, 0.05) is 83.6 Å². The van der Waals surface area contributed by atoms with Crippen molar-refractivity contribution in [2.45, 2.75) is 148 Å². The standard InChI is InChI=1S/C61H110N22O9/c1-44(84)50-23-14-35-83(50)57(92)47(21-13-28-74-58(65)66)37-51(86)49(22-8-11-26-64)78-56(91)46(20-7-10-25-63)36-48(85)40-79(32-15-29-75-59(67)68)54(89)43-82(39-45-18-5-4-6-19-45)55(90)42-81(34-17-31-77-61(71)72)53(88)41-80(33-16-30-76-60(69)70)52(87)38-73-27-12-3-2-9-24-62/h4-6,18-19,46-47,49-50,73H,2-3,7-17,20-43,62-64H2,1H3,(H,78,91)(H4,65,66,74)(H4,67,68,75)(H4,69,70,76)(H4,71,72,77)/t46-,47-,49+,50-/m0/s1. The van der Waals surface area contributed by atoms with Crippen molar-refractivity contribution in [1.29, 1.82) is 0 Å². The van der Waals surface area contributed by atoms with E-state index in [1.165, 1.54) is 31.4 Å². The number of aliphatic imine (C=N–C) groups is 4. The van der Waals surface area contributed by atoms with E-state index in [1.54, 1.807) is 30.3 Å². The second kappa shape index (κ2) is 46.9. The highest BCUT2D eigenvalue weighted by Crippen LogP contribution is 2.26. The number of Topliss-reactive ketones (excluding diaryl/α,β-unsaturated/α-hetero) is 3. The van der Waals surface area contributed by atoms with Crippen molar-refractivity contribution in [1.82, 2.24) is 35.1 Å². The highest BCUT2D eigenvalue weighted by molar-refractivity contribution is 5.96. The van der Waals surface area contributed by atoms with Gasteiger partial charge in [-0.2, -0.15) is 0 Å². The van der Waals surface area contributed by atoms with E-state index in [2.05, 4.69) is 30.6 Å². The van der Waals surface area contributed by atoms with E-state index < -0.39 is 85.3 Å². The number of rotatable bonds is 51. The van der Waals surface area contributed by atoms with Crippen LogP contribution in [0.5, 0.6) is 0 Å². The van der Waals surface area contributed by atoms with Gasteiger partial charge in [-0.15, -0.1) is 0 Å². The van der Waals surface area contributed by atoms with E-state index in [1.807, 2.05) is 0 Å². The summed E-state index contributed by atoms with van der Waals surface area (Å²) in [7, 11) is 0. The topological polar surface area (TPSA) is 530 Å². The molecular formula is C61H110N22O9. The van der Waals surface area contributed by atoms with Gasteiger partial charge in [0.25, 0.3) is 0 Å². The monoisotopic (exact) mass is 1290 g/mol. The van der Waals surface area contributed by atoms with Crippen LogP contribution >= 0.6 is 0 Å². The predicted molar refractivity (Wildman–Crippen MR) is 357 cm³/mol. The van der Waals surface area contributed by atoms with Crippen LogP contribution in [-0.2, 0) is 49.7 Å². The number of nitrogens with one attached hydrogen (secondary N) is 2. The minimum Gasteiger partial charge on any atom is -0.370 e. The van der Waals surface area contributed by atoms with Gasteiger partial charge in [-0.3, -0.25) is 63.1 Å². The lowest BCUT2D eigenvalue weighted by Gasteiger charge is -2.31. The summed E-state index contributed by atoms with van der Waals surface area (Å²) in [6, 6.07) is 7.16. The minimum absolute atomic E-state index is 0.0249. The summed E-state index contributed by atoms with van der Waals surface area (Å²) in [5.74, 6) is -6.71. The molecule has 518 valence electrons. The molecule has 1 aromatic carbocycles. The molecule has 0 saturated carbocycles. The van der Waals surface area contributed by atoms with E-state index >= 15 is 0 Å². The van der Waals surface area contributed by atoms with Gasteiger partial charge in [0.2, 0.25) is 35.4 Å². The van der Waals surface area contributed by atoms with Crippen LogP contribution < -0.4 is 73.7 Å². The van der Waals surface area contributed by atoms with Gasteiger partial charge in [0.1, 0.15) is 6.54 Å². The average molecular weight is 1300 g/mol. The van der Waals surface area contributed by atoms with Crippen LogP contribution in [0.25, 0.3) is 0 Å². The van der Waals surface area contributed by atoms with Gasteiger partial charge in [-0.05, 0) is 129 Å². The maximum Gasteiger partial charge on any atom is 0.242 e. The molecule has 4 atom stereocenters. The first-order chi connectivity index (χ1) is 44.0. The molecule has 1 saturated heterocycles. The van der Waals surface area contributed by atoms with E-state index in [0.29, 0.717) is 89.7 Å². The van der Waals surface area contributed by atoms with Crippen molar-refractivity contribution in [3.05, 3.63) is 35.9 Å². The molecule has 92 heavy (non-hydrogen) atoms. The molecule has 1 aliphatic heterocycles. The largest absolute Gasteiger partial charge is 0.370 e. The number of carbonyl (C=O) groups is 9. The van der Waals surface area contributed by atoms with Crippen LogP contribution in [0.3, 0.4) is 0 Å². The zero-order chi connectivity index (χ0) is 68.2. The van der Waals surface area contributed by atoms with Crippen molar-refractivity contribution >= 4 is 76.6 Å². The number of carbonyl (C=O) groups excluding carboxylic acids is 9. The zero-order valence-corrected chi connectivity index (χ0v) is 54.4. The lowest BCUT2D eigenvalue weighted by Crippen LogP contribution is -2.51. The van der Waals surface area contributed by atoms with Crippen molar-refractivity contribution in [2.75, 3.05) is 111 Å². The normalized spacial score (nSPS) is 13.6. The highest BCUT2D eigenvalue weighted by atomic mass is 16.2. The number of unbranched alkanes of at least 4 members (excludes halogenated alkanes) is 5. The molecular weight excluding hydrogens is 1180 g/mol. The molecule has 0 aliphatic carbocycles. The minimum atomic E-state index is -1.07. The molecule has 2 rings (SSSR count). The van der Waals surface area contributed by atoms with Gasteiger partial charge in [-0.25, -0.2) is 0 Å². The summed E-state index contributed by atoms with van der Waals surface area (Å²) >= 11 is 0. The van der Waals surface area contributed by atoms with Crippen LogP contribution in [0.2, 0.25) is 0 Å². The first-order valence-electron chi connectivity index (χ1n) is 32.3. The summed E-state index contributed by atoms with van der Waals surface area (Å²) in [6.45, 7) is 1.98. The first kappa shape index (κ1) is 80.1. The molecule has 1 fully saturated rings. The van der Waals surface area contributed by atoms with Gasteiger partial charge >= 0.3 is 0 Å². The summed E-state index contributed by atoms with van der Waals surface area (Å²) in [5.41, 5.74) is 62.8. The Bertz CT molecular complexity index is 2540. The Labute approximate surface area is 542 Å². The molecule has 0 aromatic heterocycles. The molecule has 0 unspecified atom stereocenters. The number of nitrogens with zero attached hydrogens (tertiary/aromatic N) is 9. The number of benzene rings is 1. The molecule has 31 heteroatoms. The van der Waals surface area contributed by atoms with Gasteiger partial charge in [0.15, 0.2) is 41.2 Å². The number of likely N-dealkylation sites (tertiary alicyclic amines) is 1. The average Bonchev–Trinajstić information content (AvgIpc) is 1.69. The second-order valence-electron chi connectivity index (χ2n) is 23.2. The first-order valence-corrected chi connectivity index (χ1v) is 32.3. The van der Waals surface area contributed by atoms with E-state index in [0.717, 1.165) is 25.7 Å². The highest BCUT2D eigenvalue weighted by Gasteiger charge is 2.38. The van der Waals surface area contributed by atoms with Crippen LogP contribution in [0.1, 0.15) is 134 Å². The maximum atomic E-state index is 14.8. The molecule has 31 nitrogen and oxygen atoms in total. The smallest absolute Gasteiger partial charge is 0.242 e. The van der Waals surface area contributed by atoms with Crippen LogP contribution in [-0.4, -0.2) is 224 Å². The zero-order valence-electron chi connectivity index (χ0n) is 54.4. The quantitative estimate of drug-likeness (QED) is 0.0177. The molecule has 24 N–H and O–H groups in total. The van der Waals surface area contributed by atoms with E-state index in [4.69, 9.17) is 63.1 Å². The molecule has 1 aliphatic rings. The third-order valence-electron chi connectivity index (χ3n) is 15.5. The molecule has 0 radical (unpaired) electrons. The Morgan fingerprint density at radius 2 is 1.00 bits per heavy atom. The molecule has 1 aromatic rings. The van der Waals surface area contributed by atoms with Crippen LogP contribution in [0.4, 0.5) is 0 Å². The Morgan fingerprint density at radius 3 is 1.53 bits per heavy atom. The van der Waals surface area contributed by atoms with Crippen molar-refractivity contribution in [3.8, 4) is 0 Å². The lowest BCUT2D eigenvalue weighted by atomic mass is 9.89. The summed E-state index contributed by atoms with van der Waals surface area (Å²) < 4.78 is 0. The third kappa shape index (κ3) is 34.4. The Morgan fingerprint density at radius 1 is 0.533 bits per heavy atom. The second-order valence-corrected chi connectivity index (χ2v) is 23.2. The Hall–Kier alpha value is -8.03. The Kier molecular flexibility index (Phi) is 40.9. The maximum absolute atomic E-state index is 14.8. The number of guanidine groups is 4. The lowest BCUT2D eigenvalue weighted by molar-refractivity contribution is -0.146. The van der Waals surface area contributed by atoms with Gasteiger partial charge in [-0.1, -0.05) is 49.6 Å². The fraction of sp³-hybridized carbons (Fsp3) is 0.689. The molecule has 0 bridgehead atoms. The molecule has 0 spiro atoms. The Balaban J connectivity index is 2.56. The van der Waals surface area contributed by atoms with E-state index in [-0.39, 0.29) is 145 Å².